The maximum Gasteiger partial charge on any atom is 0.166 e. The highest BCUT2D eigenvalue weighted by molar-refractivity contribution is 5.35. The first-order valence-corrected chi connectivity index (χ1v) is 4.95. The van der Waals surface area contributed by atoms with Gasteiger partial charge in [-0.15, -0.1) is 5.10 Å². The molecule has 0 radical (unpaired) electrons. The Bertz CT molecular complexity index is 378. The molecule has 2 rings (SSSR count). The van der Waals surface area contributed by atoms with Crippen molar-refractivity contribution in [3.63, 3.8) is 0 Å². The summed E-state index contributed by atoms with van der Waals surface area (Å²) in [6.45, 7) is 4.46. The molecule has 72 valence electrons. The Hall–Kier alpha value is -1.43. The van der Waals surface area contributed by atoms with Crippen LogP contribution in [0.2, 0.25) is 0 Å². The van der Waals surface area contributed by atoms with Crippen molar-refractivity contribution >= 4 is 0 Å². The minimum atomic E-state index is 0.501. The van der Waals surface area contributed by atoms with Crippen LogP contribution in [-0.2, 0) is 0 Å². The fourth-order valence-electron chi connectivity index (χ4n) is 2.04. The van der Waals surface area contributed by atoms with E-state index in [2.05, 4.69) is 30.1 Å². The van der Waals surface area contributed by atoms with E-state index < -0.39 is 0 Å². The number of nitrogens with zero attached hydrogens (tertiary/aromatic N) is 3. The van der Waals surface area contributed by atoms with Crippen LogP contribution in [0, 0.1) is 23.2 Å². The Balaban J connectivity index is 2.23. The molecule has 1 aliphatic carbocycles. The first kappa shape index (κ1) is 9.14. The first-order chi connectivity index (χ1) is 6.74. The summed E-state index contributed by atoms with van der Waals surface area (Å²) in [6.07, 6.45) is 2.86. The Labute approximate surface area is 83.8 Å². The molecule has 3 nitrogen and oxygen atoms in total. The van der Waals surface area contributed by atoms with E-state index in [0.717, 1.165) is 11.5 Å². The second kappa shape index (κ2) is 3.38. The molecule has 1 aliphatic rings. The predicted octanol–water partition coefficient (Wildman–Crippen LogP) is 2.11. The van der Waals surface area contributed by atoms with E-state index in [-0.39, 0.29) is 0 Å². The number of nitriles is 1. The zero-order valence-electron chi connectivity index (χ0n) is 8.44. The highest BCUT2D eigenvalue weighted by Gasteiger charge is 2.41. The summed E-state index contributed by atoms with van der Waals surface area (Å²) in [5, 5.41) is 16.4. The molecule has 1 fully saturated rings. The normalized spacial score (nSPS) is 24.7. The molecule has 2 atom stereocenters. The third-order valence-corrected chi connectivity index (χ3v) is 2.95. The van der Waals surface area contributed by atoms with Crippen LogP contribution in [0.3, 0.4) is 0 Å². The van der Waals surface area contributed by atoms with E-state index >= 15 is 0 Å². The van der Waals surface area contributed by atoms with E-state index in [1.165, 1.54) is 6.42 Å². The lowest BCUT2D eigenvalue weighted by atomic mass is 10.0. The van der Waals surface area contributed by atoms with Crippen LogP contribution < -0.4 is 0 Å². The molecule has 0 bridgehead atoms. The zero-order chi connectivity index (χ0) is 10.1. The van der Waals surface area contributed by atoms with Gasteiger partial charge in [0.05, 0.1) is 0 Å². The maximum atomic E-state index is 8.87. The molecule has 0 amide bonds. The molecule has 0 spiro atoms. The number of hydrogen-bond acceptors (Lipinski definition) is 3. The second-order valence-corrected chi connectivity index (χ2v) is 4.20. The van der Waals surface area contributed by atoms with Crippen molar-refractivity contribution in [1.29, 1.82) is 5.26 Å². The monoisotopic (exact) mass is 187 g/mol. The fourth-order valence-corrected chi connectivity index (χ4v) is 2.04. The lowest BCUT2D eigenvalue weighted by molar-refractivity contribution is 0.548. The van der Waals surface area contributed by atoms with Gasteiger partial charge in [0.2, 0.25) is 0 Å². The van der Waals surface area contributed by atoms with Crippen molar-refractivity contribution in [2.75, 3.05) is 0 Å². The molecule has 0 saturated heterocycles. The predicted molar refractivity (Wildman–Crippen MR) is 52.4 cm³/mol. The molecular weight excluding hydrogens is 174 g/mol. The van der Waals surface area contributed by atoms with Gasteiger partial charge in [0.15, 0.2) is 5.69 Å². The van der Waals surface area contributed by atoms with Crippen molar-refractivity contribution in [2.45, 2.75) is 26.2 Å². The van der Waals surface area contributed by atoms with Crippen molar-refractivity contribution in [1.82, 2.24) is 10.2 Å². The average molecular weight is 187 g/mol. The SMILES string of the molecule is CC(C)[C@H]1C[C@@H]1c1ccnnc1C#N. The van der Waals surface area contributed by atoms with Gasteiger partial charge in [-0.2, -0.15) is 10.4 Å². The lowest BCUT2D eigenvalue weighted by Crippen LogP contribution is -1.97. The summed E-state index contributed by atoms with van der Waals surface area (Å²) < 4.78 is 0. The largest absolute Gasteiger partial charge is 0.191 e. The summed E-state index contributed by atoms with van der Waals surface area (Å²) >= 11 is 0. The summed E-state index contributed by atoms with van der Waals surface area (Å²) in [4.78, 5) is 0. The summed E-state index contributed by atoms with van der Waals surface area (Å²) in [7, 11) is 0. The number of hydrogen-bond donors (Lipinski definition) is 0. The van der Waals surface area contributed by atoms with Gasteiger partial charge >= 0.3 is 0 Å². The van der Waals surface area contributed by atoms with Crippen molar-refractivity contribution in [2.24, 2.45) is 11.8 Å². The van der Waals surface area contributed by atoms with Gasteiger partial charge in [-0.3, -0.25) is 0 Å². The van der Waals surface area contributed by atoms with Crippen molar-refractivity contribution < 1.29 is 0 Å². The van der Waals surface area contributed by atoms with Crippen LogP contribution >= 0.6 is 0 Å². The van der Waals surface area contributed by atoms with E-state index in [1.54, 1.807) is 6.20 Å². The molecule has 0 unspecified atom stereocenters. The highest BCUT2D eigenvalue weighted by atomic mass is 15.1. The molecular formula is C11H13N3. The van der Waals surface area contributed by atoms with Gasteiger partial charge in [0.25, 0.3) is 0 Å². The topological polar surface area (TPSA) is 49.6 Å². The molecule has 0 aliphatic heterocycles. The molecule has 0 N–H and O–H groups in total. The number of aromatic nitrogens is 2. The van der Waals surface area contributed by atoms with E-state index in [1.807, 2.05) is 6.07 Å². The van der Waals surface area contributed by atoms with Crippen LogP contribution in [0.15, 0.2) is 12.3 Å². The third-order valence-electron chi connectivity index (χ3n) is 2.95. The Kier molecular flexibility index (Phi) is 2.20. The van der Waals surface area contributed by atoms with Crippen molar-refractivity contribution in [3.05, 3.63) is 23.5 Å². The summed E-state index contributed by atoms with van der Waals surface area (Å²) in [5.74, 6) is 1.96. The van der Waals surface area contributed by atoms with Crippen molar-refractivity contribution in [3.8, 4) is 6.07 Å². The second-order valence-electron chi connectivity index (χ2n) is 4.20. The number of rotatable bonds is 2. The van der Waals surface area contributed by atoms with Gasteiger partial charge in [0.1, 0.15) is 6.07 Å². The summed E-state index contributed by atoms with van der Waals surface area (Å²) in [6, 6.07) is 4.03. The minimum Gasteiger partial charge on any atom is -0.191 e. The Morgan fingerprint density at radius 3 is 2.93 bits per heavy atom. The molecule has 3 heteroatoms. The highest BCUT2D eigenvalue weighted by Crippen LogP contribution is 2.52. The van der Waals surface area contributed by atoms with Crippen LogP contribution in [0.1, 0.15) is 37.4 Å². The fraction of sp³-hybridized carbons (Fsp3) is 0.545. The van der Waals surface area contributed by atoms with Gasteiger partial charge in [0, 0.05) is 6.20 Å². The average Bonchev–Trinajstić information content (AvgIpc) is 2.97. The standard InChI is InChI=1S/C11H13N3/c1-7(2)9-5-10(9)8-3-4-13-14-11(8)6-12/h3-4,7,9-10H,5H2,1-2H3/t9-,10-/m1/s1. The zero-order valence-corrected chi connectivity index (χ0v) is 8.44. The molecule has 1 heterocycles. The Morgan fingerprint density at radius 1 is 1.57 bits per heavy atom. The first-order valence-electron chi connectivity index (χ1n) is 4.95. The molecule has 14 heavy (non-hydrogen) atoms. The maximum absolute atomic E-state index is 8.87. The van der Waals surface area contributed by atoms with Gasteiger partial charge in [-0.05, 0) is 35.8 Å². The smallest absolute Gasteiger partial charge is 0.166 e. The van der Waals surface area contributed by atoms with E-state index in [0.29, 0.717) is 17.5 Å². The molecule has 1 aromatic heterocycles. The van der Waals surface area contributed by atoms with Crippen LogP contribution in [0.5, 0.6) is 0 Å². The molecule has 0 aromatic carbocycles. The Morgan fingerprint density at radius 2 is 2.36 bits per heavy atom. The van der Waals surface area contributed by atoms with E-state index in [9.17, 15) is 0 Å². The van der Waals surface area contributed by atoms with Gasteiger partial charge < -0.3 is 0 Å². The quantitative estimate of drug-likeness (QED) is 0.712. The van der Waals surface area contributed by atoms with Crippen LogP contribution in [-0.4, -0.2) is 10.2 Å². The molecule has 1 aromatic rings. The summed E-state index contributed by atoms with van der Waals surface area (Å²) in [5.41, 5.74) is 1.59. The third kappa shape index (κ3) is 1.48. The van der Waals surface area contributed by atoms with Crippen LogP contribution in [0.4, 0.5) is 0 Å². The van der Waals surface area contributed by atoms with Gasteiger partial charge in [-0.25, -0.2) is 0 Å². The molecule has 1 saturated carbocycles. The van der Waals surface area contributed by atoms with Gasteiger partial charge in [-0.1, -0.05) is 13.8 Å². The van der Waals surface area contributed by atoms with E-state index in [4.69, 9.17) is 5.26 Å². The minimum absolute atomic E-state index is 0.501. The van der Waals surface area contributed by atoms with Crippen LogP contribution in [0.25, 0.3) is 0 Å². The lowest BCUT2D eigenvalue weighted by Gasteiger charge is -2.03.